The first kappa shape index (κ1) is 9.21. The summed E-state index contributed by atoms with van der Waals surface area (Å²) < 4.78 is 4.66. The Balaban J connectivity index is 2.02. The van der Waals surface area contributed by atoms with Crippen LogP contribution in [0.2, 0.25) is 0 Å². The van der Waals surface area contributed by atoms with Crippen LogP contribution in [0.4, 0.5) is 0 Å². The molecular weight excluding hydrogens is 180 g/mol. The minimum Gasteiger partial charge on any atom is -0.436 e. The van der Waals surface area contributed by atoms with Crippen LogP contribution >= 0.6 is 0 Å². The molecule has 0 saturated carbocycles. The fraction of sp³-hybridized carbons (Fsp3) is 0.364. The van der Waals surface area contributed by atoms with E-state index in [-0.39, 0.29) is 11.9 Å². The zero-order chi connectivity index (χ0) is 9.97. The first-order chi connectivity index (χ1) is 6.75. The molecule has 74 valence electrons. The number of hydrogen-bond acceptors (Lipinski definition) is 3. The van der Waals surface area contributed by atoms with Gasteiger partial charge in [0, 0.05) is 6.42 Å². The zero-order valence-electron chi connectivity index (χ0n) is 7.72. The lowest BCUT2D eigenvalue weighted by Crippen LogP contribution is -2.10. The van der Waals surface area contributed by atoms with Gasteiger partial charge in [0.05, 0.1) is 5.92 Å². The van der Waals surface area contributed by atoms with Crippen LogP contribution in [-0.4, -0.2) is 17.4 Å². The second-order valence-corrected chi connectivity index (χ2v) is 3.51. The van der Waals surface area contributed by atoms with Gasteiger partial charge in [-0.15, -0.1) is 0 Å². The third kappa shape index (κ3) is 1.93. The summed E-state index contributed by atoms with van der Waals surface area (Å²) >= 11 is 0. The Hall–Kier alpha value is -1.35. The Morgan fingerprint density at radius 2 is 2.07 bits per heavy atom. The molecule has 1 aliphatic heterocycles. The summed E-state index contributed by atoms with van der Waals surface area (Å²) in [7, 11) is 0. The third-order valence-electron chi connectivity index (χ3n) is 2.40. The Morgan fingerprint density at radius 1 is 1.36 bits per heavy atom. The third-order valence-corrected chi connectivity index (χ3v) is 2.40. The van der Waals surface area contributed by atoms with Gasteiger partial charge in [0.2, 0.25) is 6.29 Å². The van der Waals surface area contributed by atoms with Crippen LogP contribution < -0.4 is 0 Å². The summed E-state index contributed by atoms with van der Waals surface area (Å²) in [5.74, 6) is -0.478. The van der Waals surface area contributed by atoms with Crippen LogP contribution in [-0.2, 0) is 16.0 Å². The van der Waals surface area contributed by atoms with E-state index in [0.717, 1.165) is 5.56 Å². The molecule has 2 rings (SSSR count). The highest BCUT2D eigenvalue weighted by Gasteiger charge is 2.32. The van der Waals surface area contributed by atoms with E-state index in [1.54, 1.807) is 0 Å². The summed E-state index contributed by atoms with van der Waals surface area (Å²) in [6.07, 6.45) is 0.154. The first-order valence-corrected chi connectivity index (χ1v) is 4.68. The molecule has 3 heteroatoms. The predicted molar refractivity (Wildman–Crippen MR) is 50.4 cm³/mol. The van der Waals surface area contributed by atoms with Gasteiger partial charge < -0.3 is 9.84 Å². The van der Waals surface area contributed by atoms with Crippen molar-refractivity contribution in [2.45, 2.75) is 19.1 Å². The standard InChI is InChI=1S/C11H12O3/c12-10-7-9(11(13)14-10)6-8-4-2-1-3-5-8/h1-5,9-10,12H,6-7H2/t9-,10+/m1/s1. The van der Waals surface area contributed by atoms with Gasteiger partial charge in [0.15, 0.2) is 0 Å². The largest absolute Gasteiger partial charge is 0.436 e. The summed E-state index contributed by atoms with van der Waals surface area (Å²) in [5, 5.41) is 9.10. The molecule has 1 fully saturated rings. The predicted octanol–water partition coefficient (Wildman–Crippen LogP) is 1.11. The van der Waals surface area contributed by atoms with E-state index in [2.05, 4.69) is 4.74 Å². The van der Waals surface area contributed by atoms with E-state index >= 15 is 0 Å². The maximum Gasteiger partial charge on any atom is 0.311 e. The smallest absolute Gasteiger partial charge is 0.311 e. The van der Waals surface area contributed by atoms with Gasteiger partial charge in [0.25, 0.3) is 0 Å². The number of cyclic esters (lactones) is 1. The van der Waals surface area contributed by atoms with E-state index in [1.807, 2.05) is 30.3 Å². The van der Waals surface area contributed by atoms with Crippen LogP contribution in [0.1, 0.15) is 12.0 Å². The number of hydrogen-bond donors (Lipinski definition) is 1. The minimum absolute atomic E-state index is 0.188. The van der Waals surface area contributed by atoms with Gasteiger partial charge in [0.1, 0.15) is 0 Å². The number of carbonyl (C=O) groups excluding carboxylic acids is 1. The summed E-state index contributed by atoms with van der Waals surface area (Å²) in [4.78, 5) is 11.2. The highest BCUT2D eigenvalue weighted by atomic mass is 16.6. The molecule has 2 atom stereocenters. The van der Waals surface area contributed by atoms with E-state index in [1.165, 1.54) is 0 Å². The van der Waals surface area contributed by atoms with Crippen molar-refractivity contribution in [1.82, 2.24) is 0 Å². The van der Waals surface area contributed by atoms with Crippen LogP contribution in [0.15, 0.2) is 30.3 Å². The van der Waals surface area contributed by atoms with Crippen molar-refractivity contribution < 1.29 is 14.6 Å². The lowest BCUT2D eigenvalue weighted by molar-refractivity contribution is -0.155. The van der Waals surface area contributed by atoms with Crippen molar-refractivity contribution in [2.75, 3.05) is 0 Å². The average molecular weight is 192 g/mol. The second kappa shape index (κ2) is 3.80. The fourth-order valence-electron chi connectivity index (χ4n) is 1.68. The molecule has 0 radical (unpaired) electrons. The van der Waals surface area contributed by atoms with Crippen molar-refractivity contribution in [1.29, 1.82) is 0 Å². The van der Waals surface area contributed by atoms with Gasteiger partial charge >= 0.3 is 5.97 Å². The number of aliphatic hydroxyl groups excluding tert-OH is 1. The monoisotopic (exact) mass is 192 g/mol. The van der Waals surface area contributed by atoms with Crippen LogP contribution in [0.25, 0.3) is 0 Å². The Kier molecular flexibility index (Phi) is 2.50. The van der Waals surface area contributed by atoms with Crippen molar-refractivity contribution >= 4 is 5.97 Å². The minimum atomic E-state index is -0.906. The summed E-state index contributed by atoms with van der Waals surface area (Å²) in [5.41, 5.74) is 1.10. The van der Waals surface area contributed by atoms with Gasteiger partial charge in [-0.3, -0.25) is 4.79 Å². The van der Waals surface area contributed by atoms with Crippen LogP contribution in [0.5, 0.6) is 0 Å². The number of aliphatic hydroxyl groups is 1. The van der Waals surface area contributed by atoms with E-state index < -0.39 is 6.29 Å². The molecule has 0 amide bonds. The Labute approximate surface area is 82.3 Å². The molecule has 1 aliphatic rings. The Morgan fingerprint density at radius 3 is 2.64 bits per heavy atom. The van der Waals surface area contributed by atoms with E-state index in [4.69, 9.17) is 5.11 Å². The molecule has 1 saturated heterocycles. The number of ether oxygens (including phenoxy) is 1. The Bertz CT molecular complexity index is 321. The lowest BCUT2D eigenvalue weighted by Gasteiger charge is -2.03. The molecule has 0 bridgehead atoms. The number of carbonyl (C=O) groups is 1. The molecular formula is C11H12O3. The lowest BCUT2D eigenvalue weighted by atomic mass is 9.98. The van der Waals surface area contributed by atoms with Crippen molar-refractivity contribution in [2.24, 2.45) is 5.92 Å². The normalized spacial score (nSPS) is 26.2. The molecule has 14 heavy (non-hydrogen) atoms. The average Bonchev–Trinajstić information content (AvgIpc) is 2.47. The first-order valence-electron chi connectivity index (χ1n) is 4.68. The maximum atomic E-state index is 11.2. The molecule has 1 aromatic rings. The summed E-state index contributed by atoms with van der Waals surface area (Å²) in [6, 6.07) is 9.75. The molecule has 0 aromatic heterocycles. The summed E-state index contributed by atoms with van der Waals surface area (Å²) in [6.45, 7) is 0. The number of rotatable bonds is 2. The second-order valence-electron chi connectivity index (χ2n) is 3.51. The van der Waals surface area contributed by atoms with Crippen LogP contribution in [0, 0.1) is 5.92 Å². The van der Waals surface area contributed by atoms with Gasteiger partial charge in [-0.1, -0.05) is 30.3 Å². The highest BCUT2D eigenvalue weighted by Crippen LogP contribution is 2.23. The molecule has 1 heterocycles. The van der Waals surface area contributed by atoms with Crippen molar-refractivity contribution in [3.8, 4) is 0 Å². The zero-order valence-corrected chi connectivity index (χ0v) is 7.72. The molecule has 3 nitrogen and oxygen atoms in total. The van der Waals surface area contributed by atoms with E-state index in [9.17, 15) is 4.79 Å². The van der Waals surface area contributed by atoms with Gasteiger partial charge in [-0.25, -0.2) is 0 Å². The van der Waals surface area contributed by atoms with Crippen LogP contribution in [0.3, 0.4) is 0 Å². The fourth-order valence-corrected chi connectivity index (χ4v) is 1.68. The molecule has 1 N–H and O–H groups in total. The molecule has 1 aromatic carbocycles. The molecule has 0 spiro atoms. The maximum absolute atomic E-state index is 11.2. The van der Waals surface area contributed by atoms with E-state index in [0.29, 0.717) is 12.8 Å². The SMILES string of the molecule is O=C1O[C@H](O)C[C@H]1Cc1ccccc1. The van der Waals surface area contributed by atoms with Gasteiger partial charge in [-0.2, -0.15) is 0 Å². The quantitative estimate of drug-likeness (QED) is 0.714. The molecule has 0 aliphatic carbocycles. The molecule has 0 unspecified atom stereocenters. The highest BCUT2D eigenvalue weighted by molar-refractivity contribution is 5.74. The topological polar surface area (TPSA) is 46.5 Å². The number of benzene rings is 1. The number of esters is 1. The van der Waals surface area contributed by atoms with Crippen molar-refractivity contribution in [3.05, 3.63) is 35.9 Å². The van der Waals surface area contributed by atoms with Crippen molar-refractivity contribution in [3.63, 3.8) is 0 Å². The van der Waals surface area contributed by atoms with Gasteiger partial charge in [-0.05, 0) is 12.0 Å².